The summed E-state index contributed by atoms with van der Waals surface area (Å²) in [5, 5.41) is 16.4. The van der Waals surface area contributed by atoms with Gasteiger partial charge in [0, 0.05) is 22.3 Å². The van der Waals surface area contributed by atoms with Crippen LogP contribution in [0.15, 0.2) is 47.8 Å². The minimum Gasteiger partial charge on any atom is -0.454 e. The summed E-state index contributed by atoms with van der Waals surface area (Å²) >= 11 is 6.45. The second-order valence-electron chi connectivity index (χ2n) is 6.89. The van der Waals surface area contributed by atoms with Gasteiger partial charge in [-0.1, -0.05) is 11.6 Å². The molecule has 1 atom stereocenters. The largest absolute Gasteiger partial charge is 0.454 e. The third kappa shape index (κ3) is 3.00. The van der Waals surface area contributed by atoms with E-state index >= 15 is 0 Å². The Morgan fingerprint density at radius 3 is 3.00 bits per heavy atom. The monoisotopic (exact) mass is 425 g/mol. The maximum Gasteiger partial charge on any atom is 0.319 e. The average Bonchev–Trinajstić information content (AvgIpc) is 3.35. The van der Waals surface area contributed by atoms with Crippen LogP contribution in [-0.2, 0) is 4.79 Å². The number of nitrogens with zero attached hydrogens (tertiary/aromatic N) is 1. The molecule has 3 aromatic rings. The first-order valence-corrected chi connectivity index (χ1v) is 9.50. The summed E-state index contributed by atoms with van der Waals surface area (Å²) in [7, 11) is 0. The number of aromatic nitrogens is 2. The Kier molecular flexibility index (Phi) is 4.25. The normalized spacial score (nSPS) is 17.7. The van der Waals surface area contributed by atoms with Crippen LogP contribution in [0.4, 0.5) is 10.5 Å². The molecule has 0 saturated carbocycles. The van der Waals surface area contributed by atoms with Crippen LogP contribution in [0.3, 0.4) is 0 Å². The van der Waals surface area contributed by atoms with Crippen molar-refractivity contribution in [3.63, 3.8) is 0 Å². The van der Waals surface area contributed by atoms with Gasteiger partial charge in [-0.25, -0.2) is 4.79 Å². The van der Waals surface area contributed by atoms with Crippen molar-refractivity contribution < 1.29 is 19.1 Å². The topological polar surface area (TPSA) is 117 Å². The molecule has 0 saturated heterocycles. The SMILES string of the molecule is CC1=C(C(=O)Nc2ccc3[nH]ncc3c2)C(c2c(Cl)ccc3c2OCO3)NC(=O)N1. The van der Waals surface area contributed by atoms with Crippen LogP contribution >= 0.6 is 11.6 Å². The van der Waals surface area contributed by atoms with Gasteiger partial charge in [-0.15, -0.1) is 0 Å². The molecule has 2 aromatic carbocycles. The first kappa shape index (κ1) is 18.3. The Labute approximate surface area is 175 Å². The fraction of sp³-hybridized carbons (Fsp3) is 0.150. The molecule has 152 valence electrons. The molecule has 0 aliphatic carbocycles. The van der Waals surface area contributed by atoms with Crippen molar-refractivity contribution in [3.05, 3.63) is 58.4 Å². The second-order valence-corrected chi connectivity index (χ2v) is 7.30. The first-order chi connectivity index (χ1) is 14.5. The number of aromatic amines is 1. The molecule has 2 aliphatic rings. The minimum atomic E-state index is -0.819. The molecule has 0 fully saturated rings. The highest BCUT2D eigenvalue weighted by Crippen LogP contribution is 2.45. The molecule has 9 nitrogen and oxygen atoms in total. The number of H-pyrrole nitrogens is 1. The molecule has 0 radical (unpaired) electrons. The molecule has 30 heavy (non-hydrogen) atoms. The maximum atomic E-state index is 13.3. The summed E-state index contributed by atoms with van der Waals surface area (Å²) in [6.45, 7) is 1.70. The van der Waals surface area contributed by atoms with Crippen molar-refractivity contribution in [2.45, 2.75) is 13.0 Å². The number of anilines is 1. The molecule has 0 spiro atoms. The molecular weight excluding hydrogens is 410 g/mol. The highest BCUT2D eigenvalue weighted by atomic mass is 35.5. The number of allylic oxidation sites excluding steroid dienone is 1. The van der Waals surface area contributed by atoms with E-state index in [0.717, 1.165) is 10.9 Å². The Balaban J connectivity index is 1.54. The summed E-state index contributed by atoms with van der Waals surface area (Å²) in [5.74, 6) is 0.526. The predicted molar refractivity (Wildman–Crippen MR) is 109 cm³/mol. The lowest BCUT2D eigenvalue weighted by molar-refractivity contribution is -0.113. The van der Waals surface area contributed by atoms with Crippen molar-refractivity contribution in [1.82, 2.24) is 20.8 Å². The molecule has 4 N–H and O–H groups in total. The van der Waals surface area contributed by atoms with Gasteiger partial charge >= 0.3 is 6.03 Å². The van der Waals surface area contributed by atoms with E-state index in [-0.39, 0.29) is 12.7 Å². The van der Waals surface area contributed by atoms with Crippen LogP contribution in [0.2, 0.25) is 5.02 Å². The van der Waals surface area contributed by atoms with E-state index in [2.05, 4.69) is 26.1 Å². The summed E-state index contributed by atoms with van der Waals surface area (Å²) < 4.78 is 11.0. The van der Waals surface area contributed by atoms with Crippen LogP contribution in [0.25, 0.3) is 10.9 Å². The fourth-order valence-corrected chi connectivity index (χ4v) is 3.93. The Morgan fingerprint density at radius 2 is 2.13 bits per heavy atom. The van der Waals surface area contributed by atoms with Gasteiger partial charge in [-0.2, -0.15) is 5.10 Å². The third-order valence-corrected chi connectivity index (χ3v) is 5.35. The quantitative estimate of drug-likeness (QED) is 0.514. The molecule has 3 heterocycles. The van der Waals surface area contributed by atoms with Crippen LogP contribution in [-0.4, -0.2) is 28.9 Å². The van der Waals surface area contributed by atoms with E-state index in [0.29, 0.717) is 39.0 Å². The highest BCUT2D eigenvalue weighted by Gasteiger charge is 2.36. The Morgan fingerprint density at radius 1 is 1.27 bits per heavy atom. The van der Waals surface area contributed by atoms with Crippen molar-refractivity contribution in [2.75, 3.05) is 12.1 Å². The van der Waals surface area contributed by atoms with Gasteiger partial charge in [0.1, 0.15) is 0 Å². The zero-order chi connectivity index (χ0) is 20.8. The number of benzene rings is 2. The number of carbonyl (C=O) groups excluding carboxylic acids is 2. The number of ether oxygens (including phenoxy) is 2. The van der Waals surface area contributed by atoms with Gasteiger partial charge in [0.05, 0.1) is 28.4 Å². The average molecular weight is 426 g/mol. The van der Waals surface area contributed by atoms with Crippen LogP contribution in [0.1, 0.15) is 18.5 Å². The maximum absolute atomic E-state index is 13.3. The number of rotatable bonds is 3. The zero-order valence-electron chi connectivity index (χ0n) is 15.7. The number of nitrogens with one attached hydrogen (secondary N) is 4. The van der Waals surface area contributed by atoms with Crippen LogP contribution < -0.4 is 25.4 Å². The number of fused-ring (bicyclic) bond motifs is 2. The van der Waals surface area contributed by atoms with Gasteiger partial charge in [-0.05, 0) is 37.3 Å². The number of carbonyl (C=O) groups is 2. The highest BCUT2D eigenvalue weighted by molar-refractivity contribution is 6.32. The summed E-state index contributed by atoms with van der Waals surface area (Å²) in [5.41, 5.74) is 2.65. The first-order valence-electron chi connectivity index (χ1n) is 9.12. The minimum absolute atomic E-state index is 0.0382. The van der Waals surface area contributed by atoms with Gasteiger partial charge < -0.3 is 25.4 Å². The van der Waals surface area contributed by atoms with Crippen molar-refractivity contribution in [2.24, 2.45) is 0 Å². The number of amides is 3. The lowest BCUT2D eigenvalue weighted by atomic mass is 9.93. The fourth-order valence-electron chi connectivity index (χ4n) is 3.67. The predicted octanol–water partition coefficient (Wildman–Crippen LogP) is 3.21. The summed E-state index contributed by atoms with van der Waals surface area (Å²) in [6, 6.07) is 7.47. The van der Waals surface area contributed by atoms with E-state index in [9.17, 15) is 9.59 Å². The van der Waals surface area contributed by atoms with Crippen molar-refractivity contribution in [1.29, 1.82) is 0 Å². The summed E-state index contributed by atoms with van der Waals surface area (Å²) in [4.78, 5) is 25.5. The molecule has 3 amide bonds. The van der Waals surface area contributed by atoms with E-state index < -0.39 is 12.1 Å². The third-order valence-electron chi connectivity index (χ3n) is 5.02. The lowest BCUT2D eigenvalue weighted by Crippen LogP contribution is -2.46. The van der Waals surface area contributed by atoms with Crippen molar-refractivity contribution >= 4 is 40.1 Å². The van der Waals surface area contributed by atoms with Gasteiger partial charge in [0.25, 0.3) is 5.91 Å². The van der Waals surface area contributed by atoms with Crippen LogP contribution in [0.5, 0.6) is 11.5 Å². The van der Waals surface area contributed by atoms with E-state index in [1.807, 2.05) is 6.07 Å². The number of hydrogen-bond donors (Lipinski definition) is 4. The molecular formula is C20H16ClN5O4. The number of halogens is 1. The molecule has 10 heteroatoms. The van der Waals surface area contributed by atoms with Gasteiger partial charge in [0.2, 0.25) is 6.79 Å². The second kappa shape index (κ2) is 6.96. The van der Waals surface area contributed by atoms with Gasteiger partial charge in [-0.3, -0.25) is 9.89 Å². The smallest absolute Gasteiger partial charge is 0.319 e. The standard InChI is InChI=1S/C20H16ClN5O4/c1-9-15(19(27)24-11-2-4-13-10(6-11)7-22-26-13)17(25-20(28)23-9)16-12(21)3-5-14-18(16)30-8-29-14/h2-7,17H,8H2,1H3,(H,22,26)(H,24,27)(H2,23,25,28). The lowest BCUT2D eigenvalue weighted by Gasteiger charge is -2.29. The van der Waals surface area contributed by atoms with E-state index in [1.54, 1.807) is 37.4 Å². The molecule has 2 aliphatic heterocycles. The molecule has 1 aromatic heterocycles. The molecule has 0 bridgehead atoms. The van der Waals surface area contributed by atoms with E-state index in [1.165, 1.54) is 0 Å². The number of hydrogen-bond acceptors (Lipinski definition) is 5. The van der Waals surface area contributed by atoms with Crippen LogP contribution in [0, 0.1) is 0 Å². The van der Waals surface area contributed by atoms with Crippen molar-refractivity contribution in [3.8, 4) is 11.5 Å². The zero-order valence-corrected chi connectivity index (χ0v) is 16.5. The number of urea groups is 1. The van der Waals surface area contributed by atoms with Gasteiger partial charge in [0.15, 0.2) is 11.5 Å². The summed E-state index contributed by atoms with van der Waals surface area (Å²) in [6.07, 6.45) is 1.67. The Bertz CT molecular complexity index is 1240. The Hall–Kier alpha value is -3.72. The molecule has 1 unspecified atom stereocenters. The molecule has 5 rings (SSSR count). The van der Waals surface area contributed by atoms with E-state index in [4.69, 9.17) is 21.1 Å².